The number of aliphatic hydroxyl groups is 1. The zero-order valence-electron chi connectivity index (χ0n) is 9.76. The molecule has 6 heteroatoms. The number of sulfonamides is 1. The summed E-state index contributed by atoms with van der Waals surface area (Å²) >= 11 is 0. The Morgan fingerprint density at radius 2 is 1.94 bits per heavy atom. The van der Waals surface area contributed by atoms with E-state index in [1.54, 1.807) is 19.1 Å². The predicted octanol–water partition coefficient (Wildman–Crippen LogP) is 0.708. The van der Waals surface area contributed by atoms with Gasteiger partial charge in [0.2, 0.25) is 10.0 Å². The molecule has 0 saturated carbocycles. The molecule has 0 aliphatic carbocycles. The van der Waals surface area contributed by atoms with Crippen molar-refractivity contribution in [2.45, 2.75) is 30.8 Å². The summed E-state index contributed by atoms with van der Waals surface area (Å²) in [6.07, 6.45) is 0.770. The number of hydrogen-bond acceptors (Lipinski definition) is 4. The second kappa shape index (κ2) is 6.00. The average Bonchev–Trinajstić information content (AvgIpc) is 2.25. The number of nitrogen functional groups attached to an aromatic ring is 1. The van der Waals surface area contributed by atoms with E-state index in [1.807, 2.05) is 0 Å². The molecule has 1 atom stereocenters. The Bertz CT molecular complexity index is 440. The molecule has 1 unspecified atom stereocenters. The highest BCUT2D eigenvalue weighted by Crippen LogP contribution is 2.11. The van der Waals surface area contributed by atoms with E-state index in [1.165, 1.54) is 12.1 Å². The summed E-state index contributed by atoms with van der Waals surface area (Å²) in [5.41, 5.74) is 6.01. The molecule has 1 rings (SSSR count). The van der Waals surface area contributed by atoms with E-state index in [9.17, 15) is 8.42 Å². The van der Waals surface area contributed by atoms with Gasteiger partial charge in [-0.05, 0) is 44.0 Å². The van der Waals surface area contributed by atoms with Crippen molar-refractivity contribution >= 4 is 15.7 Å². The highest BCUT2D eigenvalue weighted by molar-refractivity contribution is 7.89. The third-order valence-electron chi connectivity index (χ3n) is 2.28. The summed E-state index contributed by atoms with van der Waals surface area (Å²) in [4.78, 5) is 0.198. The predicted molar refractivity (Wildman–Crippen MR) is 67.0 cm³/mol. The molecule has 0 saturated heterocycles. The minimum Gasteiger partial charge on any atom is -0.399 e. The smallest absolute Gasteiger partial charge is 0.240 e. The lowest BCUT2D eigenvalue weighted by Gasteiger charge is -2.07. The van der Waals surface area contributed by atoms with Crippen molar-refractivity contribution in [2.24, 2.45) is 0 Å². The van der Waals surface area contributed by atoms with E-state index >= 15 is 0 Å². The van der Waals surface area contributed by atoms with Crippen LogP contribution in [-0.2, 0) is 10.0 Å². The molecule has 0 fully saturated rings. The van der Waals surface area contributed by atoms with Gasteiger partial charge < -0.3 is 10.8 Å². The van der Waals surface area contributed by atoms with Crippen LogP contribution < -0.4 is 10.5 Å². The summed E-state index contributed by atoms with van der Waals surface area (Å²) < 4.78 is 26.0. The molecular weight excluding hydrogens is 240 g/mol. The minimum absolute atomic E-state index is 0.198. The Balaban J connectivity index is 2.54. The summed E-state index contributed by atoms with van der Waals surface area (Å²) in [5, 5.41) is 9.04. The molecule has 0 heterocycles. The van der Waals surface area contributed by atoms with Gasteiger partial charge >= 0.3 is 0 Å². The average molecular weight is 258 g/mol. The normalized spacial score (nSPS) is 13.5. The van der Waals surface area contributed by atoms with Crippen LogP contribution in [0, 0.1) is 0 Å². The third-order valence-corrected chi connectivity index (χ3v) is 3.76. The van der Waals surface area contributed by atoms with Gasteiger partial charge in [-0.1, -0.05) is 0 Å². The fourth-order valence-electron chi connectivity index (χ4n) is 1.33. The van der Waals surface area contributed by atoms with Crippen LogP contribution >= 0.6 is 0 Å². The molecule has 96 valence electrons. The van der Waals surface area contributed by atoms with Crippen LogP contribution in [0.1, 0.15) is 19.8 Å². The molecule has 0 spiro atoms. The standard InChI is InChI=1S/C11H18N2O3S/c1-9(14)3-2-8-13-17(15,16)11-6-4-10(12)5-7-11/h4-7,9,13-14H,2-3,8,12H2,1H3. The fourth-order valence-corrected chi connectivity index (χ4v) is 2.41. The monoisotopic (exact) mass is 258 g/mol. The largest absolute Gasteiger partial charge is 0.399 e. The Kier molecular flexibility index (Phi) is 4.92. The lowest BCUT2D eigenvalue weighted by atomic mass is 10.2. The number of nitrogens with two attached hydrogens (primary N) is 1. The lowest BCUT2D eigenvalue weighted by molar-refractivity contribution is 0.182. The molecule has 17 heavy (non-hydrogen) atoms. The number of benzene rings is 1. The van der Waals surface area contributed by atoms with Crippen LogP contribution in [0.25, 0.3) is 0 Å². The summed E-state index contributed by atoms with van der Waals surface area (Å²) in [6, 6.07) is 6.02. The number of rotatable bonds is 6. The van der Waals surface area contributed by atoms with Gasteiger partial charge in [0.1, 0.15) is 0 Å². The third kappa shape index (κ3) is 4.72. The van der Waals surface area contributed by atoms with Crippen LogP contribution in [0.5, 0.6) is 0 Å². The SMILES string of the molecule is CC(O)CCCNS(=O)(=O)c1ccc(N)cc1. The van der Waals surface area contributed by atoms with Crippen molar-refractivity contribution in [2.75, 3.05) is 12.3 Å². The molecule has 0 amide bonds. The summed E-state index contributed by atoms with van der Waals surface area (Å²) in [5.74, 6) is 0. The molecule has 1 aromatic carbocycles. The van der Waals surface area contributed by atoms with Gasteiger partial charge in [-0.2, -0.15) is 0 Å². The van der Waals surface area contributed by atoms with Gasteiger partial charge in [0.05, 0.1) is 11.0 Å². The topological polar surface area (TPSA) is 92.4 Å². The van der Waals surface area contributed by atoms with Gasteiger partial charge in [-0.3, -0.25) is 0 Å². The van der Waals surface area contributed by atoms with Gasteiger partial charge in [0.25, 0.3) is 0 Å². The van der Waals surface area contributed by atoms with Crippen molar-refractivity contribution in [3.05, 3.63) is 24.3 Å². The van der Waals surface area contributed by atoms with E-state index in [4.69, 9.17) is 10.8 Å². The van der Waals surface area contributed by atoms with Crippen molar-refractivity contribution in [1.82, 2.24) is 4.72 Å². The van der Waals surface area contributed by atoms with E-state index in [-0.39, 0.29) is 4.90 Å². The van der Waals surface area contributed by atoms with Gasteiger partial charge in [0, 0.05) is 12.2 Å². The molecule has 0 bridgehead atoms. The minimum atomic E-state index is -3.46. The molecule has 4 N–H and O–H groups in total. The second-order valence-corrected chi connectivity index (χ2v) is 5.73. The molecule has 0 radical (unpaired) electrons. The first-order chi connectivity index (χ1) is 7.92. The first-order valence-electron chi connectivity index (χ1n) is 5.45. The first kappa shape index (κ1) is 14.0. The van der Waals surface area contributed by atoms with Gasteiger partial charge in [-0.25, -0.2) is 13.1 Å². The molecular formula is C11H18N2O3S. The lowest BCUT2D eigenvalue weighted by Crippen LogP contribution is -2.25. The zero-order chi connectivity index (χ0) is 12.9. The number of aliphatic hydroxyl groups excluding tert-OH is 1. The Morgan fingerprint density at radius 3 is 2.47 bits per heavy atom. The van der Waals surface area contributed by atoms with Crippen molar-refractivity contribution in [3.8, 4) is 0 Å². The van der Waals surface area contributed by atoms with Crippen LogP contribution in [0.15, 0.2) is 29.2 Å². The highest BCUT2D eigenvalue weighted by atomic mass is 32.2. The van der Waals surface area contributed by atoms with Crippen LogP contribution in [0.2, 0.25) is 0 Å². The molecule has 5 nitrogen and oxygen atoms in total. The Morgan fingerprint density at radius 1 is 1.35 bits per heavy atom. The number of hydrogen-bond donors (Lipinski definition) is 3. The quantitative estimate of drug-likeness (QED) is 0.517. The first-order valence-corrected chi connectivity index (χ1v) is 6.93. The van der Waals surface area contributed by atoms with E-state index in [2.05, 4.69) is 4.72 Å². The molecule has 1 aromatic rings. The molecule has 0 aromatic heterocycles. The number of anilines is 1. The zero-order valence-corrected chi connectivity index (χ0v) is 10.6. The summed E-state index contributed by atoms with van der Waals surface area (Å²) in [7, 11) is -3.46. The second-order valence-electron chi connectivity index (χ2n) is 3.96. The highest BCUT2D eigenvalue weighted by Gasteiger charge is 2.12. The van der Waals surface area contributed by atoms with E-state index in [0.29, 0.717) is 25.1 Å². The Hall–Kier alpha value is -1.11. The van der Waals surface area contributed by atoms with Gasteiger partial charge in [0.15, 0.2) is 0 Å². The van der Waals surface area contributed by atoms with E-state index < -0.39 is 16.1 Å². The van der Waals surface area contributed by atoms with E-state index in [0.717, 1.165) is 0 Å². The van der Waals surface area contributed by atoms with Crippen molar-refractivity contribution in [1.29, 1.82) is 0 Å². The number of nitrogens with one attached hydrogen (secondary N) is 1. The maximum Gasteiger partial charge on any atom is 0.240 e. The van der Waals surface area contributed by atoms with Gasteiger partial charge in [-0.15, -0.1) is 0 Å². The van der Waals surface area contributed by atoms with Crippen LogP contribution in [0.3, 0.4) is 0 Å². The maximum absolute atomic E-state index is 11.8. The van der Waals surface area contributed by atoms with Crippen molar-refractivity contribution < 1.29 is 13.5 Å². The van der Waals surface area contributed by atoms with Crippen LogP contribution in [-0.4, -0.2) is 26.2 Å². The maximum atomic E-state index is 11.8. The Labute approximate surface area is 102 Å². The van der Waals surface area contributed by atoms with Crippen molar-refractivity contribution in [3.63, 3.8) is 0 Å². The summed E-state index contributed by atoms with van der Waals surface area (Å²) in [6.45, 7) is 1.99. The molecule has 0 aliphatic heterocycles. The fraction of sp³-hybridized carbons (Fsp3) is 0.455. The molecule has 0 aliphatic rings. The van der Waals surface area contributed by atoms with Crippen LogP contribution in [0.4, 0.5) is 5.69 Å².